The molecule has 0 unspecified atom stereocenters. The van der Waals surface area contributed by atoms with E-state index >= 15 is 0 Å². The Morgan fingerprint density at radius 1 is 1.32 bits per heavy atom. The van der Waals surface area contributed by atoms with Crippen LogP contribution in [0.25, 0.3) is 34.3 Å². The Hall–Kier alpha value is -4.14. The quantitative estimate of drug-likeness (QED) is 0.398. The molecule has 0 aromatic carbocycles. The van der Waals surface area contributed by atoms with E-state index in [4.69, 9.17) is 21.0 Å². The summed E-state index contributed by atoms with van der Waals surface area (Å²) >= 11 is 0. The third kappa shape index (κ3) is 4.53. The van der Waals surface area contributed by atoms with Gasteiger partial charge in [-0.3, -0.25) is 19.7 Å². The number of hydrogen-bond donors (Lipinski definition) is 2. The van der Waals surface area contributed by atoms with E-state index in [0.717, 1.165) is 27.9 Å². The minimum Gasteiger partial charge on any atom is -0.476 e. The molecule has 0 saturated carbocycles. The molecule has 2 atom stereocenters. The van der Waals surface area contributed by atoms with Crippen LogP contribution in [0.2, 0.25) is 0 Å². The highest BCUT2D eigenvalue weighted by molar-refractivity contribution is 5.92. The zero-order valence-corrected chi connectivity index (χ0v) is 22.3. The van der Waals surface area contributed by atoms with Crippen molar-refractivity contribution in [1.82, 2.24) is 39.6 Å². The highest BCUT2D eigenvalue weighted by atomic mass is 16.5. The second-order valence-electron chi connectivity index (χ2n) is 9.55. The van der Waals surface area contributed by atoms with Gasteiger partial charge in [-0.15, -0.1) is 11.5 Å². The van der Waals surface area contributed by atoms with Crippen LogP contribution in [-0.4, -0.2) is 77.7 Å². The Morgan fingerprint density at radius 2 is 2.13 bits per heavy atom. The number of aromatic nitrogens is 7. The molecule has 1 aliphatic rings. The second-order valence-corrected chi connectivity index (χ2v) is 9.55. The Kier molecular flexibility index (Phi) is 6.93. The molecule has 2 bridgehead atoms. The fourth-order valence-electron chi connectivity index (χ4n) is 4.79. The molecule has 11 nitrogen and oxygen atoms in total. The van der Waals surface area contributed by atoms with Crippen molar-refractivity contribution in [2.24, 2.45) is 7.05 Å². The minimum atomic E-state index is -0.227. The second kappa shape index (κ2) is 10.3. The summed E-state index contributed by atoms with van der Waals surface area (Å²) in [6, 6.07) is 1.72. The van der Waals surface area contributed by atoms with Crippen molar-refractivity contribution in [2.45, 2.75) is 39.5 Å². The molecule has 38 heavy (non-hydrogen) atoms. The number of fused-ring (bicyclic) bond motifs is 4. The lowest BCUT2D eigenvalue weighted by Crippen LogP contribution is -2.32. The van der Waals surface area contributed by atoms with Crippen LogP contribution in [0.4, 0.5) is 0 Å². The summed E-state index contributed by atoms with van der Waals surface area (Å²) in [6.07, 6.45) is 11.3. The molecule has 0 amide bonds. The number of nitrogens with one attached hydrogen (secondary N) is 1. The van der Waals surface area contributed by atoms with Crippen molar-refractivity contribution in [3.05, 3.63) is 34.9 Å². The molecule has 0 radical (unpaired) electrons. The number of aryl methyl sites for hydroxylation is 1. The molecule has 0 saturated heterocycles. The number of terminal acetylenes is 1. The molecular weight excluding hydrogens is 484 g/mol. The lowest BCUT2D eigenvalue weighted by molar-refractivity contribution is 0.145. The van der Waals surface area contributed by atoms with E-state index in [0.29, 0.717) is 48.4 Å². The van der Waals surface area contributed by atoms with Crippen LogP contribution in [0.5, 0.6) is 11.8 Å². The number of aromatic amines is 1. The van der Waals surface area contributed by atoms with E-state index in [1.165, 1.54) is 0 Å². The molecule has 5 rings (SSSR count). The number of pyridine rings is 1. The number of H-pyrrole nitrogens is 1. The van der Waals surface area contributed by atoms with Crippen LogP contribution >= 0.6 is 0 Å². The fraction of sp³-hybridized carbons (Fsp3) is 0.407. The molecule has 4 aromatic heterocycles. The first-order chi connectivity index (χ1) is 18.3. The first kappa shape index (κ1) is 25.5. The highest BCUT2D eigenvalue weighted by Gasteiger charge is 2.25. The maximum atomic E-state index is 9.94. The van der Waals surface area contributed by atoms with E-state index in [1.807, 2.05) is 57.8 Å². The van der Waals surface area contributed by atoms with E-state index in [-0.39, 0.29) is 18.8 Å². The van der Waals surface area contributed by atoms with E-state index < -0.39 is 0 Å². The van der Waals surface area contributed by atoms with Gasteiger partial charge in [0.15, 0.2) is 0 Å². The van der Waals surface area contributed by atoms with Gasteiger partial charge >= 0.3 is 0 Å². The summed E-state index contributed by atoms with van der Waals surface area (Å²) in [4.78, 5) is 6.80. The standard InChI is InChI=1S/C27H32N8O3/c1-7-20-25-22-11-19-21(29-30-23(19)12-28-22)10-9-18-24(35(16(3)15-36)32-26(18)37-8-2)14-33(5)13-17(4)38-27(25)34(6)31-20/h1,9-12,16-17,36H,8,13-15H2,2-6H3,(H,29,30)/b10-9+/t16-,17-/m0/s1. The van der Waals surface area contributed by atoms with Gasteiger partial charge in [0.1, 0.15) is 11.8 Å². The Morgan fingerprint density at radius 3 is 2.87 bits per heavy atom. The van der Waals surface area contributed by atoms with Crippen LogP contribution in [0, 0.1) is 12.3 Å². The summed E-state index contributed by atoms with van der Waals surface area (Å²) in [5.41, 5.74) is 5.07. The summed E-state index contributed by atoms with van der Waals surface area (Å²) in [5.74, 6) is 3.75. The molecule has 0 aliphatic carbocycles. The van der Waals surface area contributed by atoms with Gasteiger partial charge in [0.2, 0.25) is 11.8 Å². The molecule has 2 N–H and O–H groups in total. The monoisotopic (exact) mass is 516 g/mol. The molecule has 11 heteroatoms. The number of rotatable bonds is 4. The van der Waals surface area contributed by atoms with Gasteiger partial charge in [0, 0.05) is 25.5 Å². The van der Waals surface area contributed by atoms with Gasteiger partial charge in [-0.2, -0.15) is 10.2 Å². The lowest BCUT2D eigenvalue weighted by atomic mass is 10.1. The van der Waals surface area contributed by atoms with E-state index in [1.54, 1.807) is 10.9 Å². The molecule has 0 spiro atoms. The Bertz CT molecular complexity index is 1540. The SMILES string of the molecule is C#Cc1nn(C)c2c1-c1cc3c(n[nH]c3cn1)/C=C/c1c(OCC)nn([C@@H](C)CO)c1CN(C)C[C@H](C)O2. The Balaban J connectivity index is 1.73. The number of likely N-dealkylation sites (N-methyl/N-ethyl adjacent to an activating group) is 1. The van der Waals surface area contributed by atoms with Gasteiger partial charge in [-0.25, -0.2) is 4.68 Å². The lowest BCUT2D eigenvalue weighted by Gasteiger charge is -2.24. The largest absolute Gasteiger partial charge is 0.476 e. The maximum absolute atomic E-state index is 9.94. The van der Waals surface area contributed by atoms with Crippen LogP contribution in [0.3, 0.4) is 0 Å². The molecule has 5 heterocycles. The predicted molar refractivity (Wildman–Crippen MR) is 145 cm³/mol. The van der Waals surface area contributed by atoms with Crippen LogP contribution in [-0.2, 0) is 13.6 Å². The van der Waals surface area contributed by atoms with Gasteiger partial charge in [0.05, 0.1) is 59.2 Å². The van der Waals surface area contributed by atoms with E-state index in [9.17, 15) is 5.11 Å². The number of ether oxygens (including phenoxy) is 2. The van der Waals surface area contributed by atoms with E-state index in [2.05, 4.69) is 31.1 Å². The number of aliphatic hydroxyl groups excluding tert-OH is 1. The number of nitrogens with zero attached hydrogens (tertiary/aromatic N) is 7. The summed E-state index contributed by atoms with van der Waals surface area (Å²) in [5, 5.41) is 27.6. The molecule has 1 aliphatic heterocycles. The Labute approximate surface area is 221 Å². The van der Waals surface area contributed by atoms with Crippen LogP contribution < -0.4 is 9.47 Å². The summed E-state index contributed by atoms with van der Waals surface area (Å²) in [6.45, 7) is 7.44. The van der Waals surface area contributed by atoms with Crippen molar-refractivity contribution in [3.8, 4) is 35.4 Å². The van der Waals surface area contributed by atoms with Gasteiger partial charge in [0.25, 0.3) is 0 Å². The van der Waals surface area contributed by atoms with Gasteiger partial charge < -0.3 is 14.6 Å². The zero-order chi connectivity index (χ0) is 27.0. The average molecular weight is 517 g/mol. The first-order valence-corrected chi connectivity index (χ1v) is 12.6. The van der Waals surface area contributed by atoms with Crippen molar-refractivity contribution in [1.29, 1.82) is 0 Å². The molecule has 198 valence electrons. The highest BCUT2D eigenvalue weighted by Crippen LogP contribution is 2.35. The van der Waals surface area contributed by atoms with Gasteiger partial charge in [-0.05, 0) is 52.0 Å². The third-order valence-electron chi connectivity index (χ3n) is 6.55. The van der Waals surface area contributed by atoms with Crippen LogP contribution in [0.15, 0.2) is 12.3 Å². The van der Waals surface area contributed by atoms with Crippen molar-refractivity contribution in [2.75, 3.05) is 26.8 Å². The number of hydrogen-bond acceptors (Lipinski definition) is 8. The topological polar surface area (TPSA) is 119 Å². The predicted octanol–water partition coefficient (Wildman–Crippen LogP) is 2.87. The molecular formula is C27H32N8O3. The van der Waals surface area contributed by atoms with Crippen molar-refractivity contribution >= 4 is 23.1 Å². The summed E-state index contributed by atoms with van der Waals surface area (Å²) in [7, 11) is 3.83. The average Bonchev–Trinajstić information content (AvgIpc) is 3.55. The normalized spacial score (nSPS) is 17.7. The minimum absolute atomic E-state index is 0.0484. The van der Waals surface area contributed by atoms with Crippen LogP contribution in [0.1, 0.15) is 49.5 Å². The van der Waals surface area contributed by atoms with Crippen molar-refractivity contribution in [3.63, 3.8) is 0 Å². The molecule has 4 aromatic rings. The summed E-state index contributed by atoms with van der Waals surface area (Å²) < 4.78 is 15.8. The fourth-order valence-corrected chi connectivity index (χ4v) is 4.79. The first-order valence-electron chi connectivity index (χ1n) is 12.6. The maximum Gasteiger partial charge on any atom is 0.240 e. The smallest absolute Gasteiger partial charge is 0.240 e. The number of aliphatic hydroxyl groups is 1. The molecule has 0 fully saturated rings. The van der Waals surface area contributed by atoms with Crippen molar-refractivity contribution < 1.29 is 14.6 Å². The van der Waals surface area contributed by atoms with Gasteiger partial charge in [-0.1, -0.05) is 0 Å². The zero-order valence-electron chi connectivity index (χ0n) is 22.3. The third-order valence-corrected chi connectivity index (χ3v) is 6.55.